The smallest absolute Gasteiger partial charge is 0.341 e. The number of aryl methyl sites for hydroxylation is 1. The average molecular weight is 383 g/mol. The molecule has 1 N–H and O–H groups in total. The van der Waals surface area contributed by atoms with E-state index >= 15 is 0 Å². The number of para-hydroxylation sites is 1. The van der Waals surface area contributed by atoms with E-state index in [-0.39, 0.29) is 11.2 Å². The summed E-state index contributed by atoms with van der Waals surface area (Å²) in [4.78, 5) is 38.3. The van der Waals surface area contributed by atoms with Gasteiger partial charge >= 0.3 is 5.97 Å². The Morgan fingerprint density at radius 2 is 1.96 bits per heavy atom. The number of esters is 1. The number of rotatable bonds is 3. The summed E-state index contributed by atoms with van der Waals surface area (Å²) < 4.78 is 10.5. The molecule has 0 fully saturated rings. The molecule has 0 atom stereocenters. The first kappa shape index (κ1) is 17.5. The topological polar surface area (TPSA) is 85.6 Å². The minimum absolute atomic E-state index is 0.0964. The Kier molecular flexibility index (Phi) is 4.53. The molecule has 0 spiro atoms. The Bertz CT molecular complexity index is 1110. The highest BCUT2D eigenvalue weighted by Gasteiger charge is 2.27. The third-order valence-electron chi connectivity index (χ3n) is 4.65. The van der Waals surface area contributed by atoms with Crippen molar-refractivity contribution in [2.75, 3.05) is 12.4 Å². The molecular weight excluding hydrogens is 366 g/mol. The SMILES string of the molecule is COC(=O)c1c(NC(=O)c2cc(=O)c3ccccc3o2)sc2c1CCCC2. The molecule has 1 aliphatic carbocycles. The fraction of sp³-hybridized carbons (Fsp3) is 0.250. The Labute approximate surface area is 158 Å². The summed E-state index contributed by atoms with van der Waals surface area (Å²) in [5.41, 5.74) is 1.41. The number of benzene rings is 1. The molecule has 1 aromatic carbocycles. The van der Waals surface area contributed by atoms with Crippen molar-refractivity contribution in [1.82, 2.24) is 0 Å². The molecule has 0 saturated heterocycles. The highest BCUT2D eigenvalue weighted by atomic mass is 32.1. The van der Waals surface area contributed by atoms with Gasteiger partial charge in [0.05, 0.1) is 18.1 Å². The molecule has 0 bridgehead atoms. The van der Waals surface area contributed by atoms with Crippen molar-refractivity contribution in [3.8, 4) is 0 Å². The van der Waals surface area contributed by atoms with Crippen LogP contribution in [0.15, 0.2) is 39.5 Å². The average Bonchev–Trinajstić information content (AvgIpc) is 3.05. The second-order valence-corrected chi connectivity index (χ2v) is 7.44. The van der Waals surface area contributed by atoms with Crippen LogP contribution in [0.2, 0.25) is 0 Å². The first-order valence-electron chi connectivity index (χ1n) is 8.65. The number of thiophene rings is 1. The first-order chi connectivity index (χ1) is 13.1. The van der Waals surface area contributed by atoms with E-state index in [0.29, 0.717) is 21.5 Å². The summed E-state index contributed by atoms with van der Waals surface area (Å²) in [6.07, 6.45) is 3.73. The molecule has 1 aliphatic rings. The number of hydrogen-bond acceptors (Lipinski definition) is 6. The summed E-state index contributed by atoms with van der Waals surface area (Å²) >= 11 is 1.38. The van der Waals surface area contributed by atoms with Crippen molar-refractivity contribution < 1.29 is 18.7 Å². The molecule has 7 heteroatoms. The lowest BCUT2D eigenvalue weighted by atomic mass is 9.95. The lowest BCUT2D eigenvalue weighted by Gasteiger charge is -2.11. The number of fused-ring (bicyclic) bond motifs is 2. The van der Waals surface area contributed by atoms with E-state index in [1.54, 1.807) is 24.3 Å². The van der Waals surface area contributed by atoms with Crippen molar-refractivity contribution in [3.63, 3.8) is 0 Å². The number of amides is 1. The Balaban J connectivity index is 1.72. The Morgan fingerprint density at radius 1 is 1.19 bits per heavy atom. The monoisotopic (exact) mass is 383 g/mol. The molecule has 1 amide bonds. The van der Waals surface area contributed by atoms with Crippen LogP contribution >= 0.6 is 11.3 Å². The van der Waals surface area contributed by atoms with Gasteiger partial charge in [-0.3, -0.25) is 9.59 Å². The van der Waals surface area contributed by atoms with E-state index in [2.05, 4.69) is 5.32 Å². The molecule has 6 nitrogen and oxygen atoms in total. The number of nitrogens with one attached hydrogen (secondary N) is 1. The number of methoxy groups -OCH3 is 1. The van der Waals surface area contributed by atoms with Crippen LogP contribution in [0.25, 0.3) is 11.0 Å². The molecule has 27 heavy (non-hydrogen) atoms. The van der Waals surface area contributed by atoms with Crippen molar-refractivity contribution in [1.29, 1.82) is 0 Å². The quantitative estimate of drug-likeness (QED) is 0.696. The fourth-order valence-corrected chi connectivity index (χ4v) is 4.62. The zero-order valence-electron chi connectivity index (χ0n) is 14.7. The van der Waals surface area contributed by atoms with Crippen LogP contribution in [0.5, 0.6) is 0 Å². The van der Waals surface area contributed by atoms with Crippen LogP contribution in [0.3, 0.4) is 0 Å². The number of hydrogen-bond donors (Lipinski definition) is 1. The zero-order valence-corrected chi connectivity index (χ0v) is 15.5. The maximum Gasteiger partial charge on any atom is 0.341 e. The van der Waals surface area contributed by atoms with Gasteiger partial charge in [-0.2, -0.15) is 0 Å². The van der Waals surface area contributed by atoms with E-state index in [1.807, 2.05) is 0 Å². The maximum atomic E-state index is 12.7. The first-order valence-corrected chi connectivity index (χ1v) is 9.47. The molecule has 3 aromatic rings. The molecule has 0 aliphatic heterocycles. The van der Waals surface area contributed by atoms with Gasteiger partial charge in [-0.05, 0) is 43.4 Å². The van der Waals surface area contributed by atoms with Crippen LogP contribution in [0, 0.1) is 0 Å². The predicted molar refractivity (Wildman–Crippen MR) is 103 cm³/mol. The van der Waals surface area contributed by atoms with Crippen LogP contribution in [0.4, 0.5) is 5.00 Å². The normalized spacial score (nSPS) is 13.2. The second-order valence-electron chi connectivity index (χ2n) is 6.33. The molecule has 2 aromatic heterocycles. The summed E-state index contributed by atoms with van der Waals surface area (Å²) in [6, 6.07) is 7.92. The summed E-state index contributed by atoms with van der Waals surface area (Å²) in [5.74, 6) is -1.13. The van der Waals surface area contributed by atoms with Gasteiger partial charge in [-0.1, -0.05) is 12.1 Å². The van der Waals surface area contributed by atoms with Gasteiger partial charge in [0.25, 0.3) is 5.91 Å². The number of carbonyl (C=O) groups is 2. The minimum Gasteiger partial charge on any atom is -0.465 e. The van der Waals surface area contributed by atoms with Gasteiger partial charge in [-0.25, -0.2) is 4.79 Å². The standard InChI is InChI=1S/C20H17NO5S/c1-25-20(24)17-12-7-3-5-9-16(12)27-19(17)21-18(23)15-10-13(22)11-6-2-4-8-14(11)26-15/h2,4,6,8,10H,3,5,7,9H2,1H3,(H,21,23). The van der Waals surface area contributed by atoms with Gasteiger partial charge in [0.1, 0.15) is 10.6 Å². The summed E-state index contributed by atoms with van der Waals surface area (Å²) in [5, 5.41) is 3.59. The molecule has 2 heterocycles. The van der Waals surface area contributed by atoms with E-state index in [1.165, 1.54) is 24.5 Å². The number of ether oxygens (including phenoxy) is 1. The van der Waals surface area contributed by atoms with Gasteiger partial charge in [0.15, 0.2) is 11.2 Å². The van der Waals surface area contributed by atoms with Gasteiger partial charge < -0.3 is 14.5 Å². The number of carbonyl (C=O) groups excluding carboxylic acids is 2. The lowest BCUT2D eigenvalue weighted by Crippen LogP contribution is -2.17. The van der Waals surface area contributed by atoms with Gasteiger partial charge in [0, 0.05) is 10.9 Å². The molecule has 0 unspecified atom stereocenters. The van der Waals surface area contributed by atoms with Crippen LogP contribution < -0.4 is 10.7 Å². The zero-order chi connectivity index (χ0) is 19.0. The molecule has 138 valence electrons. The highest BCUT2D eigenvalue weighted by Crippen LogP contribution is 2.38. The van der Waals surface area contributed by atoms with Crippen molar-refractivity contribution in [3.05, 3.63) is 62.3 Å². The predicted octanol–water partition coefficient (Wildman–Crippen LogP) is 3.77. The molecule has 4 rings (SSSR count). The van der Waals surface area contributed by atoms with Crippen molar-refractivity contribution >= 4 is 39.2 Å². The molecular formula is C20H17NO5S. The van der Waals surface area contributed by atoms with E-state index in [9.17, 15) is 14.4 Å². The van der Waals surface area contributed by atoms with E-state index < -0.39 is 11.9 Å². The highest BCUT2D eigenvalue weighted by molar-refractivity contribution is 7.17. The van der Waals surface area contributed by atoms with Gasteiger partial charge in [0.2, 0.25) is 0 Å². The minimum atomic E-state index is -0.568. The van der Waals surface area contributed by atoms with Crippen molar-refractivity contribution in [2.24, 2.45) is 0 Å². The summed E-state index contributed by atoms with van der Waals surface area (Å²) in [7, 11) is 1.32. The maximum absolute atomic E-state index is 12.7. The van der Waals surface area contributed by atoms with E-state index in [0.717, 1.165) is 36.1 Å². The summed E-state index contributed by atoms with van der Waals surface area (Å²) in [6.45, 7) is 0. The Morgan fingerprint density at radius 3 is 2.78 bits per heavy atom. The fourth-order valence-electron chi connectivity index (χ4n) is 3.35. The van der Waals surface area contributed by atoms with Crippen LogP contribution in [0.1, 0.15) is 44.2 Å². The van der Waals surface area contributed by atoms with E-state index in [4.69, 9.17) is 9.15 Å². The second kappa shape index (κ2) is 7.00. The largest absolute Gasteiger partial charge is 0.465 e. The third kappa shape index (κ3) is 3.14. The van der Waals surface area contributed by atoms with Crippen LogP contribution in [-0.4, -0.2) is 19.0 Å². The van der Waals surface area contributed by atoms with Crippen LogP contribution in [-0.2, 0) is 17.6 Å². The molecule has 0 radical (unpaired) electrons. The Hall–Kier alpha value is -2.93. The number of anilines is 1. The van der Waals surface area contributed by atoms with Gasteiger partial charge in [-0.15, -0.1) is 11.3 Å². The molecule has 0 saturated carbocycles. The lowest BCUT2D eigenvalue weighted by molar-refractivity contribution is 0.0601. The van der Waals surface area contributed by atoms with Crippen molar-refractivity contribution in [2.45, 2.75) is 25.7 Å². The third-order valence-corrected chi connectivity index (χ3v) is 5.85.